The number of hydrazine groups is 1. The van der Waals surface area contributed by atoms with Crippen molar-refractivity contribution in [2.24, 2.45) is 22.2 Å². The average Bonchev–Trinajstić information content (AvgIpc) is 2.82. The number of fused-ring (bicyclic) bond motifs is 3. The van der Waals surface area contributed by atoms with E-state index in [0.717, 1.165) is 47.2 Å². The number of methoxy groups -OCH3 is 1. The summed E-state index contributed by atoms with van der Waals surface area (Å²) in [6.45, 7) is 9.96. The molecule has 6 nitrogen and oxygen atoms in total. The Hall–Kier alpha value is -3.28. The van der Waals surface area contributed by atoms with Crippen LogP contribution in [0.5, 0.6) is 5.75 Å². The summed E-state index contributed by atoms with van der Waals surface area (Å²) in [6.07, 6.45) is 6.38. The van der Waals surface area contributed by atoms with Crippen LogP contribution in [0.3, 0.4) is 0 Å². The number of amides is 1. The summed E-state index contributed by atoms with van der Waals surface area (Å²) in [6, 6.07) is 16.9. The molecule has 2 aliphatic carbocycles. The van der Waals surface area contributed by atoms with Crippen molar-refractivity contribution in [3.05, 3.63) is 70.5 Å². The first-order chi connectivity index (χ1) is 18.0. The molecule has 202 valence electrons. The molecule has 38 heavy (non-hydrogen) atoms. The van der Waals surface area contributed by atoms with E-state index in [4.69, 9.17) is 4.74 Å². The normalized spacial score (nSPS) is 26.1. The number of carbonyl (C=O) groups excluding carboxylic acids is 1. The third kappa shape index (κ3) is 5.45. The molecule has 1 heterocycles. The van der Waals surface area contributed by atoms with Gasteiger partial charge in [0, 0.05) is 17.9 Å². The van der Waals surface area contributed by atoms with Crippen LogP contribution in [-0.2, 0) is 11.3 Å². The Morgan fingerprint density at radius 2 is 1.76 bits per heavy atom. The second kappa shape index (κ2) is 9.79. The lowest BCUT2D eigenvalue weighted by Crippen LogP contribution is -2.50. The van der Waals surface area contributed by atoms with Gasteiger partial charge in [0.15, 0.2) is 0 Å². The second-order valence-electron chi connectivity index (χ2n) is 13.2. The molecule has 0 radical (unpaired) electrons. The summed E-state index contributed by atoms with van der Waals surface area (Å²) in [7, 11) is 1.64. The van der Waals surface area contributed by atoms with Gasteiger partial charge in [-0.3, -0.25) is 20.4 Å². The maximum absolute atomic E-state index is 13.3. The molecule has 0 saturated heterocycles. The van der Waals surface area contributed by atoms with Crippen LogP contribution >= 0.6 is 0 Å². The molecule has 2 aromatic carbocycles. The molecule has 2 aliphatic rings. The average molecular weight is 516 g/mol. The SMILES string of the molecule is COc1ccc(Cn2c(=O)ccc3c(NNC(=O)CC45CC(C)CC(C)(CC(C)(C)C4)C5)cccc32)cc1. The minimum atomic E-state index is -0.0667. The number of pyridine rings is 1. The number of aromatic nitrogens is 1. The van der Waals surface area contributed by atoms with Gasteiger partial charge in [-0.25, -0.2) is 0 Å². The van der Waals surface area contributed by atoms with Crippen molar-refractivity contribution in [1.82, 2.24) is 9.99 Å². The van der Waals surface area contributed by atoms with Gasteiger partial charge in [0.2, 0.25) is 5.91 Å². The number of ether oxygens (including phenoxy) is 1. The summed E-state index contributed by atoms with van der Waals surface area (Å²) in [5, 5.41) is 0.886. The predicted molar refractivity (Wildman–Crippen MR) is 153 cm³/mol. The van der Waals surface area contributed by atoms with Crippen molar-refractivity contribution in [3.8, 4) is 5.75 Å². The molecular weight excluding hydrogens is 474 g/mol. The number of nitrogens with one attached hydrogen (secondary N) is 2. The smallest absolute Gasteiger partial charge is 0.251 e. The second-order valence-corrected chi connectivity index (χ2v) is 13.2. The molecule has 0 aliphatic heterocycles. The maximum atomic E-state index is 13.3. The lowest BCUT2D eigenvalue weighted by Gasteiger charge is -2.58. The summed E-state index contributed by atoms with van der Waals surface area (Å²) in [5.74, 6) is 1.46. The molecule has 0 spiro atoms. The molecule has 5 rings (SSSR count). The van der Waals surface area contributed by atoms with Gasteiger partial charge in [-0.1, -0.05) is 45.9 Å². The third-order valence-electron chi connectivity index (χ3n) is 8.59. The standard InChI is InChI=1S/C32H41N3O3/c1-22-15-31(4)19-30(2,3)20-32(16-22,21-31)17-28(36)34-33-26-7-6-8-27-25(26)13-14-29(37)35(27)18-23-9-11-24(38-5)12-10-23/h6-14,22,33H,15-21H2,1-5H3,(H,34,36). The van der Waals surface area contributed by atoms with Crippen LogP contribution in [0.25, 0.3) is 10.9 Å². The van der Waals surface area contributed by atoms with Gasteiger partial charge in [-0.15, -0.1) is 0 Å². The monoisotopic (exact) mass is 515 g/mol. The number of hydrogen-bond acceptors (Lipinski definition) is 4. The highest BCUT2D eigenvalue weighted by Crippen LogP contribution is 2.63. The van der Waals surface area contributed by atoms with Crippen LogP contribution in [0.4, 0.5) is 5.69 Å². The number of carbonyl (C=O) groups is 1. The zero-order valence-electron chi connectivity index (χ0n) is 23.4. The number of anilines is 1. The van der Waals surface area contributed by atoms with Crippen molar-refractivity contribution in [2.75, 3.05) is 12.5 Å². The Morgan fingerprint density at radius 1 is 1.00 bits per heavy atom. The van der Waals surface area contributed by atoms with Crippen molar-refractivity contribution >= 4 is 22.5 Å². The highest BCUT2D eigenvalue weighted by Gasteiger charge is 2.53. The van der Waals surface area contributed by atoms with E-state index >= 15 is 0 Å². The zero-order chi connectivity index (χ0) is 27.1. The van der Waals surface area contributed by atoms with E-state index in [1.54, 1.807) is 17.7 Å². The lowest BCUT2D eigenvalue weighted by atomic mass is 9.47. The van der Waals surface area contributed by atoms with Crippen LogP contribution in [0.1, 0.15) is 71.8 Å². The maximum Gasteiger partial charge on any atom is 0.251 e. The van der Waals surface area contributed by atoms with Crippen LogP contribution in [0, 0.1) is 22.2 Å². The fourth-order valence-electron chi connectivity index (χ4n) is 8.44. The molecule has 3 aromatic rings. The molecular formula is C32H41N3O3. The Kier molecular flexibility index (Phi) is 6.79. The largest absolute Gasteiger partial charge is 0.497 e. The fourth-order valence-corrected chi connectivity index (χ4v) is 8.44. The quantitative estimate of drug-likeness (QED) is 0.351. The summed E-state index contributed by atoms with van der Waals surface area (Å²) in [4.78, 5) is 26.1. The Labute approximate surface area is 225 Å². The minimum Gasteiger partial charge on any atom is -0.497 e. The molecule has 2 saturated carbocycles. The third-order valence-corrected chi connectivity index (χ3v) is 8.59. The fraction of sp³-hybridized carbons (Fsp3) is 0.500. The molecule has 2 fully saturated rings. The molecule has 1 amide bonds. The number of hydrogen-bond donors (Lipinski definition) is 2. The van der Waals surface area contributed by atoms with Crippen LogP contribution in [0.15, 0.2) is 59.4 Å². The van der Waals surface area contributed by atoms with Gasteiger partial charge in [-0.05, 0) is 90.2 Å². The predicted octanol–water partition coefficient (Wildman–Crippen LogP) is 6.52. The van der Waals surface area contributed by atoms with E-state index in [-0.39, 0.29) is 22.3 Å². The molecule has 6 heteroatoms. The van der Waals surface area contributed by atoms with Crippen molar-refractivity contribution in [3.63, 3.8) is 0 Å². The topological polar surface area (TPSA) is 72.4 Å². The van der Waals surface area contributed by atoms with Gasteiger partial charge < -0.3 is 9.30 Å². The van der Waals surface area contributed by atoms with Crippen LogP contribution in [-0.4, -0.2) is 17.6 Å². The number of nitrogens with zero attached hydrogens (tertiary/aromatic N) is 1. The Morgan fingerprint density at radius 3 is 2.50 bits per heavy atom. The first-order valence-corrected chi connectivity index (χ1v) is 13.8. The van der Waals surface area contributed by atoms with Crippen molar-refractivity contribution in [2.45, 2.75) is 72.8 Å². The highest BCUT2D eigenvalue weighted by atomic mass is 16.5. The van der Waals surface area contributed by atoms with E-state index in [9.17, 15) is 9.59 Å². The molecule has 3 unspecified atom stereocenters. The summed E-state index contributed by atoms with van der Waals surface area (Å²) >= 11 is 0. The van der Waals surface area contributed by atoms with Gasteiger partial charge in [-0.2, -0.15) is 0 Å². The zero-order valence-corrected chi connectivity index (χ0v) is 23.4. The van der Waals surface area contributed by atoms with Crippen molar-refractivity contribution < 1.29 is 9.53 Å². The van der Waals surface area contributed by atoms with Gasteiger partial charge in [0.05, 0.1) is 24.9 Å². The van der Waals surface area contributed by atoms with Gasteiger partial charge >= 0.3 is 0 Å². The van der Waals surface area contributed by atoms with E-state index in [2.05, 4.69) is 38.5 Å². The van der Waals surface area contributed by atoms with Crippen LogP contribution in [0.2, 0.25) is 0 Å². The van der Waals surface area contributed by atoms with Gasteiger partial charge in [0.1, 0.15) is 5.75 Å². The van der Waals surface area contributed by atoms with E-state index in [1.165, 1.54) is 12.8 Å². The number of rotatable bonds is 7. The first kappa shape index (κ1) is 26.3. The molecule has 3 atom stereocenters. The first-order valence-electron chi connectivity index (χ1n) is 13.8. The van der Waals surface area contributed by atoms with E-state index in [1.807, 2.05) is 48.5 Å². The van der Waals surface area contributed by atoms with E-state index in [0.29, 0.717) is 24.3 Å². The highest BCUT2D eigenvalue weighted by molar-refractivity contribution is 5.92. The molecule has 2 bridgehead atoms. The Balaban J connectivity index is 1.34. The Bertz CT molecular complexity index is 1390. The van der Waals surface area contributed by atoms with E-state index < -0.39 is 0 Å². The molecule has 1 aromatic heterocycles. The van der Waals surface area contributed by atoms with Crippen molar-refractivity contribution in [1.29, 1.82) is 0 Å². The summed E-state index contributed by atoms with van der Waals surface area (Å²) < 4.78 is 7.02. The van der Waals surface area contributed by atoms with Crippen LogP contribution < -0.4 is 21.1 Å². The minimum absolute atomic E-state index is 0.0303. The van der Waals surface area contributed by atoms with Gasteiger partial charge in [0.25, 0.3) is 5.56 Å². The summed E-state index contributed by atoms with van der Waals surface area (Å²) in [5.41, 5.74) is 9.34. The lowest BCUT2D eigenvalue weighted by molar-refractivity contribution is -0.130. The number of benzene rings is 2. The molecule has 2 N–H and O–H groups in total.